The maximum atomic E-state index is 13.8. The zero-order valence-corrected chi connectivity index (χ0v) is 13.4. The molecule has 128 valence electrons. The summed E-state index contributed by atoms with van der Waals surface area (Å²) in [5.74, 6) is -0.972. The van der Waals surface area contributed by atoms with Crippen LogP contribution in [0.5, 0.6) is 0 Å². The van der Waals surface area contributed by atoms with Gasteiger partial charge >= 0.3 is 0 Å². The molecule has 1 amide bonds. The minimum absolute atomic E-state index is 0.0150. The third-order valence-corrected chi connectivity index (χ3v) is 3.66. The summed E-state index contributed by atoms with van der Waals surface area (Å²) >= 11 is 0. The number of hydrogen-bond acceptors (Lipinski definition) is 4. The van der Waals surface area contributed by atoms with Crippen molar-refractivity contribution < 1.29 is 14.3 Å². The van der Waals surface area contributed by atoms with E-state index in [4.69, 9.17) is 0 Å². The molecule has 1 aromatic heterocycles. The average molecular weight is 340 g/mol. The lowest BCUT2D eigenvalue weighted by Crippen LogP contribution is -2.27. The second-order valence-corrected chi connectivity index (χ2v) is 5.39. The second-order valence-electron chi connectivity index (χ2n) is 5.39. The number of hydrogen-bond donors (Lipinski definition) is 2. The van der Waals surface area contributed by atoms with Crippen LogP contribution in [0.3, 0.4) is 0 Å². The lowest BCUT2D eigenvalue weighted by molar-refractivity contribution is 0.0945. The Kier molecular flexibility index (Phi) is 5.15. The second kappa shape index (κ2) is 7.67. The largest absolute Gasteiger partial charge is 0.390 e. The van der Waals surface area contributed by atoms with E-state index in [1.54, 1.807) is 12.1 Å². The molecule has 3 rings (SSSR count). The summed E-state index contributed by atoms with van der Waals surface area (Å²) < 4.78 is 13.8. The molecular formula is C18H17FN4O2. The van der Waals surface area contributed by atoms with Crippen molar-refractivity contribution in [1.82, 2.24) is 20.3 Å². The third-order valence-electron chi connectivity index (χ3n) is 3.66. The Morgan fingerprint density at radius 1 is 1.08 bits per heavy atom. The molecule has 0 atom stereocenters. The summed E-state index contributed by atoms with van der Waals surface area (Å²) in [4.78, 5) is 13.3. The number of rotatable bonds is 6. The van der Waals surface area contributed by atoms with E-state index < -0.39 is 18.3 Å². The highest BCUT2D eigenvalue weighted by molar-refractivity contribution is 5.93. The predicted octanol–water partition coefficient (Wildman–Crippen LogP) is 1.87. The lowest BCUT2D eigenvalue weighted by Gasteiger charge is -2.04. The molecule has 0 bridgehead atoms. The molecule has 0 unspecified atom stereocenters. The van der Waals surface area contributed by atoms with Gasteiger partial charge in [0, 0.05) is 6.54 Å². The van der Waals surface area contributed by atoms with Crippen LogP contribution in [-0.2, 0) is 13.0 Å². The van der Waals surface area contributed by atoms with E-state index in [1.807, 2.05) is 30.3 Å². The summed E-state index contributed by atoms with van der Waals surface area (Å²) in [5.41, 5.74) is 1.29. The van der Waals surface area contributed by atoms with E-state index in [0.717, 1.165) is 10.4 Å². The minimum Gasteiger partial charge on any atom is -0.390 e. The highest BCUT2D eigenvalue weighted by Gasteiger charge is 2.19. The monoisotopic (exact) mass is 340 g/mol. The number of nitrogens with one attached hydrogen (secondary N) is 1. The number of para-hydroxylation sites is 1. The van der Waals surface area contributed by atoms with Gasteiger partial charge in [-0.1, -0.05) is 42.5 Å². The molecule has 2 aromatic carbocycles. The van der Waals surface area contributed by atoms with E-state index in [9.17, 15) is 14.3 Å². The molecule has 0 saturated heterocycles. The number of halogens is 1. The van der Waals surface area contributed by atoms with Crippen molar-refractivity contribution in [3.05, 3.63) is 77.4 Å². The number of carbonyl (C=O) groups excluding carboxylic acids is 1. The number of benzene rings is 2. The maximum absolute atomic E-state index is 13.8. The van der Waals surface area contributed by atoms with Gasteiger partial charge in [-0.3, -0.25) is 4.79 Å². The quantitative estimate of drug-likeness (QED) is 0.718. The summed E-state index contributed by atoms with van der Waals surface area (Å²) in [6.07, 6.45) is 0.669. The molecule has 0 fully saturated rings. The van der Waals surface area contributed by atoms with Crippen LogP contribution < -0.4 is 5.32 Å². The van der Waals surface area contributed by atoms with Crippen molar-refractivity contribution >= 4 is 5.91 Å². The molecule has 7 heteroatoms. The Balaban J connectivity index is 1.73. The van der Waals surface area contributed by atoms with Crippen LogP contribution in [0.25, 0.3) is 5.69 Å². The lowest BCUT2D eigenvalue weighted by atomic mass is 10.1. The molecule has 0 aliphatic heterocycles. The number of aliphatic hydroxyl groups is 1. The molecule has 6 nitrogen and oxygen atoms in total. The van der Waals surface area contributed by atoms with E-state index in [2.05, 4.69) is 15.5 Å². The van der Waals surface area contributed by atoms with Gasteiger partial charge in [0.2, 0.25) is 0 Å². The van der Waals surface area contributed by atoms with Gasteiger partial charge in [0.25, 0.3) is 5.91 Å². The van der Waals surface area contributed by atoms with Crippen molar-refractivity contribution in [1.29, 1.82) is 0 Å². The molecule has 3 aromatic rings. The molecule has 0 radical (unpaired) electrons. The van der Waals surface area contributed by atoms with Crippen molar-refractivity contribution in [3.8, 4) is 5.69 Å². The molecule has 0 saturated carbocycles. The van der Waals surface area contributed by atoms with Crippen LogP contribution in [0.1, 0.15) is 21.7 Å². The fourth-order valence-electron chi connectivity index (χ4n) is 2.39. The van der Waals surface area contributed by atoms with Crippen LogP contribution in [-0.4, -0.2) is 32.6 Å². The molecule has 0 aliphatic rings. The smallest absolute Gasteiger partial charge is 0.273 e. The van der Waals surface area contributed by atoms with Crippen molar-refractivity contribution in [2.24, 2.45) is 0 Å². The number of aliphatic hydroxyl groups excluding tert-OH is 1. The third kappa shape index (κ3) is 3.89. The van der Waals surface area contributed by atoms with Gasteiger partial charge in [0.1, 0.15) is 11.4 Å². The number of carbonyl (C=O) groups is 1. The van der Waals surface area contributed by atoms with Gasteiger partial charge in [0.05, 0.1) is 6.61 Å². The predicted molar refractivity (Wildman–Crippen MR) is 89.7 cm³/mol. The zero-order chi connectivity index (χ0) is 17.6. The first-order valence-corrected chi connectivity index (χ1v) is 7.83. The summed E-state index contributed by atoms with van der Waals surface area (Å²) in [6, 6.07) is 15.7. The maximum Gasteiger partial charge on any atom is 0.273 e. The van der Waals surface area contributed by atoms with Gasteiger partial charge in [-0.25, -0.2) is 4.39 Å². The molecule has 2 N–H and O–H groups in total. The fourth-order valence-corrected chi connectivity index (χ4v) is 2.39. The molecular weight excluding hydrogens is 323 g/mol. The topological polar surface area (TPSA) is 80.0 Å². The molecule has 1 heterocycles. The zero-order valence-electron chi connectivity index (χ0n) is 13.4. The fraction of sp³-hybridized carbons (Fsp3) is 0.167. The van der Waals surface area contributed by atoms with Gasteiger partial charge in [-0.2, -0.15) is 0 Å². The Morgan fingerprint density at radius 3 is 2.52 bits per heavy atom. The van der Waals surface area contributed by atoms with E-state index >= 15 is 0 Å². The molecule has 0 spiro atoms. The van der Waals surface area contributed by atoms with E-state index in [0.29, 0.717) is 13.0 Å². The van der Waals surface area contributed by atoms with Crippen molar-refractivity contribution in [3.63, 3.8) is 0 Å². The highest BCUT2D eigenvalue weighted by atomic mass is 19.1. The first-order chi connectivity index (χ1) is 12.2. The minimum atomic E-state index is -0.516. The van der Waals surface area contributed by atoms with E-state index in [1.165, 1.54) is 12.1 Å². The Morgan fingerprint density at radius 2 is 1.80 bits per heavy atom. The molecule has 25 heavy (non-hydrogen) atoms. The van der Waals surface area contributed by atoms with Crippen LogP contribution >= 0.6 is 0 Å². The number of amides is 1. The summed E-state index contributed by atoms with van der Waals surface area (Å²) in [7, 11) is 0. The Hall–Kier alpha value is -3.06. The van der Waals surface area contributed by atoms with Crippen LogP contribution in [0.15, 0.2) is 54.6 Å². The SMILES string of the molecule is O=C(NCCc1ccccc1)c1nn(-c2ccccc2F)nc1CO. The summed E-state index contributed by atoms with van der Waals surface area (Å²) in [5, 5.41) is 20.2. The summed E-state index contributed by atoms with van der Waals surface area (Å²) in [6.45, 7) is -0.0455. The average Bonchev–Trinajstić information content (AvgIpc) is 3.07. The van der Waals surface area contributed by atoms with Gasteiger partial charge in [0.15, 0.2) is 11.5 Å². The Labute approximate surface area is 143 Å². The first-order valence-electron chi connectivity index (χ1n) is 7.83. The highest BCUT2D eigenvalue weighted by Crippen LogP contribution is 2.13. The number of aromatic nitrogens is 3. The Bertz CT molecular complexity index is 865. The number of nitrogens with zero attached hydrogens (tertiary/aromatic N) is 3. The van der Waals surface area contributed by atoms with Crippen LogP contribution in [0, 0.1) is 5.82 Å². The van der Waals surface area contributed by atoms with Gasteiger partial charge < -0.3 is 10.4 Å². The van der Waals surface area contributed by atoms with Gasteiger partial charge in [-0.05, 0) is 24.1 Å². The van der Waals surface area contributed by atoms with Crippen molar-refractivity contribution in [2.75, 3.05) is 6.54 Å². The van der Waals surface area contributed by atoms with Gasteiger partial charge in [-0.15, -0.1) is 15.0 Å². The van der Waals surface area contributed by atoms with Crippen molar-refractivity contribution in [2.45, 2.75) is 13.0 Å². The van der Waals surface area contributed by atoms with E-state index in [-0.39, 0.29) is 17.1 Å². The molecule has 0 aliphatic carbocycles. The van der Waals surface area contributed by atoms with Crippen LogP contribution in [0.2, 0.25) is 0 Å². The first kappa shape index (κ1) is 16.8. The normalized spacial score (nSPS) is 10.6. The standard InChI is InChI=1S/C18H17FN4O2/c19-14-8-4-5-9-16(14)23-21-15(12-24)17(22-23)18(25)20-11-10-13-6-2-1-3-7-13/h1-9,24H,10-12H2,(H,20,25). The van der Waals surface area contributed by atoms with Crippen LogP contribution in [0.4, 0.5) is 4.39 Å².